The number of hydrogen-bond donors (Lipinski definition) is 1. The Balaban J connectivity index is 1.34. The maximum absolute atomic E-state index is 13.1. The largest absolute Gasteiger partial charge is 0.465 e. The summed E-state index contributed by atoms with van der Waals surface area (Å²) in [5.74, 6) is 1.64. The molecule has 4 heterocycles. The zero-order valence-corrected chi connectivity index (χ0v) is 20.8. The SMILES string of the molecule is Cc1ccc([C@@H](CNC(=O)c2cc3c(C)nn(Cc4ccccc4Cl)c3s2)N2CCOCC2)o1. The molecule has 0 spiro atoms. The third-order valence-corrected chi connectivity index (χ3v) is 7.66. The first kappa shape index (κ1) is 23.1. The van der Waals surface area contributed by atoms with Crippen LogP contribution in [-0.4, -0.2) is 53.4 Å². The summed E-state index contributed by atoms with van der Waals surface area (Å²) in [5.41, 5.74) is 1.89. The predicted molar refractivity (Wildman–Crippen MR) is 134 cm³/mol. The van der Waals surface area contributed by atoms with Crippen LogP contribution in [0.3, 0.4) is 0 Å². The number of benzene rings is 1. The molecule has 0 bridgehead atoms. The predicted octanol–water partition coefficient (Wildman–Crippen LogP) is 4.81. The van der Waals surface area contributed by atoms with Crippen molar-refractivity contribution in [2.45, 2.75) is 26.4 Å². The Morgan fingerprint density at radius 1 is 1.21 bits per heavy atom. The van der Waals surface area contributed by atoms with E-state index >= 15 is 0 Å². The fourth-order valence-electron chi connectivity index (χ4n) is 4.33. The highest BCUT2D eigenvalue weighted by Gasteiger charge is 2.26. The Morgan fingerprint density at radius 3 is 2.74 bits per heavy atom. The lowest BCUT2D eigenvalue weighted by atomic mass is 10.1. The number of carbonyl (C=O) groups excluding carboxylic acids is 1. The van der Waals surface area contributed by atoms with Gasteiger partial charge in [-0.1, -0.05) is 29.8 Å². The molecule has 7 nitrogen and oxygen atoms in total. The molecule has 5 rings (SSSR count). The third kappa shape index (κ3) is 4.77. The van der Waals surface area contributed by atoms with Gasteiger partial charge in [0.1, 0.15) is 16.4 Å². The van der Waals surface area contributed by atoms with Gasteiger partial charge in [0.15, 0.2) is 0 Å². The highest BCUT2D eigenvalue weighted by Crippen LogP contribution is 2.30. The van der Waals surface area contributed by atoms with Gasteiger partial charge in [0, 0.05) is 30.0 Å². The number of morpholine rings is 1. The van der Waals surface area contributed by atoms with Crippen molar-refractivity contribution in [3.05, 3.63) is 75.1 Å². The van der Waals surface area contributed by atoms with Crippen LogP contribution in [0.5, 0.6) is 0 Å². The number of nitrogens with one attached hydrogen (secondary N) is 1. The van der Waals surface area contributed by atoms with E-state index < -0.39 is 0 Å². The fourth-order valence-corrected chi connectivity index (χ4v) is 5.60. The zero-order valence-electron chi connectivity index (χ0n) is 19.2. The lowest BCUT2D eigenvalue weighted by Crippen LogP contribution is -2.43. The minimum Gasteiger partial charge on any atom is -0.465 e. The van der Waals surface area contributed by atoms with Crippen LogP contribution < -0.4 is 5.32 Å². The summed E-state index contributed by atoms with van der Waals surface area (Å²) in [6.45, 7) is 7.90. The first-order valence-electron chi connectivity index (χ1n) is 11.4. The van der Waals surface area contributed by atoms with Crippen LogP contribution in [0.2, 0.25) is 5.02 Å². The first-order valence-corrected chi connectivity index (χ1v) is 12.6. The van der Waals surface area contributed by atoms with Gasteiger partial charge in [-0.25, -0.2) is 0 Å². The molecule has 1 N–H and O–H groups in total. The Morgan fingerprint density at radius 2 is 2.00 bits per heavy atom. The maximum Gasteiger partial charge on any atom is 0.261 e. The number of carbonyl (C=O) groups is 1. The lowest BCUT2D eigenvalue weighted by molar-refractivity contribution is 0.0117. The number of furan rings is 1. The molecular formula is C25H27ClN4O3S. The number of thiophene rings is 1. The normalized spacial score (nSPS) is 15.6. The van der Waals surface area contributed by atoms with Gasteiger partial charge >= 0.3 is 0 Å². The molecule has 178 valence electrons. The van der Waals surface area contributed by atoms with Gasteiger partial charge in [0.2, 0.25) is 0 Å². The van der Waals surface area contributed by atoms with Crippen molar-refractivity contribution >= 4 is 39.1 Å². The number of aromatic nitrogens is 2. The molecule has 1 amide bonds. The molecule has 0 saturated carbocycles. The van der Waals surface area contributed by atoms with Gasteiger partial charge < -0.3 is 14.5 Å². The average molecular weight is 499 g/mol. The van der Waals surface area contributed by atoms with Gasteiger partial charge in [-0.2, -0.15) is 5.10 Å². The van der Waals surface area contributed by atoms with Crippen molar-refractivity contribution < 1.29 is 13.9 Å². The second-order valence-electron chi connectivity index (χ2n) is 8.49. The van der Waals surface area contributed by atoms with E-state index in [1.54, 1.807) is 0 Å². The van der Waals surface area contributed by atoms with E-state index in [4.69, 9.17) is 20.8 Å². The molecule has 34 heavy (non-hydrogen) atoms. The second-order valence-corrected chi connectivity index (χ2v) is 9.92. The first-order chi connectivity index (χ1) is 16.5. The van der Waals surface area contributed by atoms with Crippen LogP contribution in [0.4, 0.5) is 0 Å². The molecule has 1 aromatic carbocycles. The van der Waals surface area contributed by atoms with Gasteiger partial charge in [-0.15, -0.1) is 11.3 Å². The topological polar surface area (TPSA) is 72.5 Å². The number of aryl methyl sites for hydroxylation is 2. The van der Waals surface area contributed by atoms with Crippen molar-refractivity contribution in [2.24, 2.45) is 0 Å². The van der Waals surface area contributed by atoms with Crippen LogP contribution in [0.25, 0.3) is 10.2 Å². The summed E-state index contributed by atoms with van der Waals surface area (Å²) < 4.78 is 13.4. The van der Waals surface area contributed by atoms with Gasteiger partial charge in [0.25, 0.3) is 5.91 Å². The van der Waals surface area contributed by atoms with E-state index in [9.17, 15) is 4.79 Å². The molecule has 1 saturated heterocycles. The average Bonchev–Trinajstić information content (AvgIpc) is 3.54. The molecule has 0 unspecified atom stereocenters. The van der Waals surface area contributed by atoms with E-state index in [1.165, 1.54) is 11.3 Å². The van der Waals surface area contributed by atoms with Crippen molar-refractivity contribution in [2.75, 3.05) is 32.8 Å². The van der Waals surface area contributed by atoms with E-state index in [-0.39, 0.29) is 11.9 Å². The molecule has 3 aromatic heterocycles. The van der Waals surface area contributed by atoms with Crippen LogP contribution in [-0.2, 0) is 11.3 Å². The van der Waals surface area contributed by atoms with Gasteiger partial charge in [-0.05, 0) is 43.7 Å². The molecule has 9 heteroatoms. The molecule has 1 aliphatic rings. The van der Waals surface area contributed by atoms with Crippen molar-refractivity contribution in [1.82, 2.24) is 20.0 Å². The van der Waals surface area contributed by atoms with Crippen LogP contribution in [0.1, 0.15) is 38.5 Å². The number of fused-ring (bicyclic) bond motifs is 1. The van der Waals surface area contributed by atoms with E-state index in [0.717, 1.165) is 46.1 Å². The maximum atomic E-state index is 13.1. The van der Waals surface area contributed by atoms with Crippen molar-refractivity contribution in [3.63, 3.8) is 0 Å². The van der Waals surface area contributed by atoms with Crippen LogP contribution >= 0.6 is 22.9 Å². The number of amides is 1. The molecule has 1 atom stereocenters. The highest BCUT2D eigenvalue weighted by molar-refractivity contribution is 7.20. The minimum atomic E-state index is -0.0913. The van der Waals surface area contributed by atoms with Gasteiger partial charge in [-0.3, -0.25) is 14.4 Å². The third-order valence-electron chi connectivity index (χ3n) is 6.14. The molecule has 1 aliphatic heterocycles. The summed E-state index contributed by atoms with van der Waals surface area (Å²) in [6, 6.07) is 13.6. The van der Waals surface area contributed by atoms with Crippen LogP contribution in [0, 0.1) is 13.8 Å². The van der Waals surface area contributed by atoms with Crippen molar-refractivity contribution in [1.29, 1.82) is 0 Å². The summed E-state index contributed by atoms with van der Waals surface area (Å²) in [5, 5.41) is 9.50. The number of halogens is 1. The molecule has 0 aliphatic carbocycles. The van der Waals surface area contributed by atoms with E-state index in [1.807, 2.05) is 61.0 Å². The molecule has 4 aromatic rings. The number of nitrogens with zero attached hydrogens (tertiary/aromatic N) is 3. The van der Waals surface area contributed by atoms with E-state index in [2.05, 4.69) is 15.3 Å². The van der Waals surface area contributed by atoms with Crippen molar-refractivity contribution in [3.8, 4) is 0 Å². The Hall–Kier alpha value is -2.65. The Labute approximate surface area is 207 Å². The summed E-state index contributed by atoms with van der Waals surface area (Å²) in [7, 11) is 0. The van der Waals surface area contributed by atoms with Gasteiger partial charge in [0.05, 0.1) is 36.4 Å². The second kappa shape index (κ2) is 9.92. The molecule has 0 radical (unpaired) electrons. The molecular weight excluding hydrogens is 472 g/mol. The quantitative estimate of drug-likeness (QED) is 0.396. The monoisotopic (exact) mass is 498 g/mol. The minimum absolute atomic E-state index is 0.0339. The van der Waals surface area contributed by atoms with Crippen LogP contribution in [0.15, 0.2) is 46.9 Å². The smallest absolute Gasteiger partial charge is 0.261 e. The summed E-state index contributed by atoms with van der Waals surface area (Å²) >= 11 is 7.81. The Kier molecular flexibility index (Phi) is 6.74. The zero-order chi connectivity index (χ0) is 23.7. The number of rotatable bonds is 7. The highest BCUT2D eigenvalue weighted by atomic mass is 35.5. The summed E-state index contributed by atoms with van der Waals surface area (Å²) in [4.78, 5) is 17.1. The van der Waals surface area contributed by atoms with E-state index in [0.29, 0.717) is 36.2 Å². The molecule has 1 fully saturated rings. The Bertz CT molecular complexity index is 1300. The fraction of sp³-hybridized carbons (Fsp3) is 0.360. The standard InChI is InChI=1S/C25H27ClN4O3S/c1-16-7-8-22(33-16)21(29-9-11-32-12-10-29)14-27-24(31)23-13-19-17(2)28-30(25(19)34-23)15-18-5-3-4-6-20(18)26/h3-8,13,21H,9-12,14-15H2,1-2H3,(H,27,31)/t21-/m1/s1. The lowest BCUT2D eigenvalue weighted by Gasteiger charge is -2.33. The number of hydrogen-bond acceptors (Lipinski definition) is 6. The summed E-state index contributed by atoms with van der Waals surface area (Å²) in [6.07, 6.45) is 0. The number of ether oxygens (including phenoxy) is 1.